The van der Waals surface area contributed by atoms with Crippen LogP contribution in [-0.2, 0) is 6.54 Å². The highest BCUT2D eigenvalue weighted by Gasteiger charge is 2.08. The van der Waals surface area contributed by atoms with Crippen LogP contribution in [0, 0.1) is 0 Å². The Bertz CT molecular complexity index is 552. The van der Waals surface area contributed by atoms with Gasteiger partial charge in [-0.25, -0.2) is 0 Å². The van der Waals surface area contributed by atoms with Gasteiger partial charge in [0.1, 0.15) is 5.75 Å². The number of rotatable bonds is 4. The summed E-state index contributed by atoms with van der Waals surface area (Å²) in [7, 11) is 3.72. The van der Waals surface area contributed by atoms with Crippen LogP contribution in [-0.4, -0.2) is 14.2 Å². The number of anilines is 2. The molecule has 0 atom stereocenters. The third kappa shape index (κ3) is 3.41. The van der Waals surface area contributed by atoms with E-state index < -0.39 is 0 Å². The predicted octanol–water partition coefficient (Wildman–Crippen LogP) is 3.68. The van der Waals surface area contributed by atoms with E-state index in [0.717, 1.165) is 33.7 Å². The van der Waals surface area contributed by atoms with Crippen LogP contribution in [0.3, 0.4) is 0 Å². The number of para-hydroxylation sites is 2. The minimum atomic E-state index is 0.762. The van der Waals surface area contributed by atoms with Crippen LogP contribution in [0.5, 0.6) is 5.75 Å². The highest BCUT2D eigenvalue weighted by Crippen LogP contribution is 2.28. The molecule has 2 rings (SSSR count). The Morgan fingerprint density at radius 1 is 1.21 bits per heavy atom. The minimum Gasteiger partial charge on any atom is -0.495 e. The minimum absolute atomic E-state index is 0.762. The van der Waals surface area contributed by atoms with Crippen molar-refractivity contribution in [3.8, 4) is 5.75 Å². The molecule has 0 aliphatic rings. The van der Waals surface area contributed by atoms with E-state index >= 15 is 0 Å². The van der Waals surface area contributed by atoms with Gasteiger partial charge in [-0.3, -0.25) is 0 Å². The lowest BCUT2D eigenvalue weighted by Crippen LogP contribution is -2.17. The second-order valence-electron chi connectivity index (χ2n) is 4.42. The fraction of sp³-hybridized carbons (Fsp3) is 0.200. The Morgan fingerprint density at radius 3 is 2.63 bits per heavy atom. The molecule has 0 saturated heterocycles. The molecule has 0 aliphatic carbocycles. The molecule has 0 amide bonds. The van der Waals surface area contributed by atoms with Crippen LogP contribution in [0.2, 0.25) is 0 Å². The number of nitrogens with zero attached hydrogens (tertiary/aromatic N) is 1. The van der Waals surface area contributed by atoms with E-state index in [2.05, 4.69) is 26.9 Å². The van der Waals surface area contributed by atoms with Gasteiger partial charge in [0.05, 0.1) is 12.8 Å². The van der Waals surface area contributed by atoms with Crippen molar-refractivity contribution in [1.29, 1.82) is 0 Å². The summed E-state index contributed by atoms with van der Waals surface area (Å²) in [4.78, 5) is 2.14. The van der Waals surface area contributed by atoms with Gasteiger partial charge in [0.2, 0.25) is 0 Å². The molecule has 2 aromatic rings. The van der Waals surface area contributed by atoms with Gasteiger partial charge in [-0.1, -0.05) is 28.1 Å². The van der Waals surface area contributed by atoms with E-state index in [1.165, 1.54) is 0 Å². The lowest BCUT2D eigenvalue weighted by Gasteiger charge is -2.22. The number of ether oxygens (including phenoxy) is 1. The Morgan fingerprint density at radius 2 is 1.95 bits per heavy atom. The Balaban J connectivity index is 2.22. The highest BCUT2D eigenvalue weighted by atomic mass is 79.9. The first kappa shape index (κ1) is 13.7. The first-order valence-electron chi connectivity index (χ1n) is 5.99. The molecule has 3 nitrogen and oxygen atoms in total. The van der Waals surface area contributed by atoms with Crippen molar-refractivity contribution in [3.05, 3.63) is 52.5 Å². The standard InChI is InChI=1S/C15H17BrN2O/c1-18(14-5-3-4-6-15(14)19-2)10-11-7-12(16)9-13(17)8-11/h3-9H,10,17H2,1-2H3. The third-order valence-electron chi connectivity index (χ3n) is 2.90. The van der Waals surface area contributed by atoms with Crippen molar-refractivity contribution in [3.63, 3.8) is 0 Å². The van der Waals surface area contributed by atoms with Gasteiger partial charge in [0, 0.05) is 23.8 Å². The fourth-order valence-corrected chi connectivity index (χ4v) is 2.63. The summed E-state index contributed by atoms with van der Waals surface area (Å²) in [6, 6.07) is 13.9. The largest absolute Gasteiger partial charge is 0.495 e. The Hall–Kier alpha value is -1.68. The molecule has 2 N–H and O–H groups in total. The Kier molecular flexibility index (Phi) is 4.32. The van der Waals surface area contributed by atoms with Gasteiger partial charge >= 0.3 is 0 Å². The number of benzene rings is 2. The summed E-state index contributed by atoms with van der Waals surface area (Å²) < 4.78 is 6.37. The van der Waals surface area contributed by atoms with Gasteiger partial charge in [-0.2, -0.15) is 0 Å². The molecular formula is C15H17BrN2O. The number of nitrogen functional groups attached to an aromatic ring is 1. The van der Waals surface area contributed by atoms with Crippen molar-refractivity contribution in [2.45, 2.75) is 6.54 Å². The second-order valence-corrected chi connectivity index (χ2v) is 5.34. The third-order valence-corrected chi connectivity index (χ3v) is 3.35. The molecule has 100 valence electrons. The molecule has 0 aromatic heterocycles. The van der Waals surface area contributed by atoms with Crippen LogP contribution in [0.15, 0.2) is 46.9 Å². The van der Waals surface area contributed by atoms with Crippen molar-refractivity contribution >= 4 is 27.3 Å². The van der Waals surface area contributed by atoms with Crippen molar-refractivity contribution < 1.29 is 4.74 Å². The molecule has 19 heavy (non-hydrogen) atoms. The smallest absolute Gasteiger partial charge is 0.142 e. The van der Waals surface area contributed by atoms with Crippen molar-refractivity contribution in [2.24, 2.45) is 0 Å². The van der Waals surface area contributed by atoms with E-state index in [9.17, 15) is 0 Å². The summed E-state index contributed by atoms with van der Waals surface area (Å²) in [5.74, 6) is 0.868. The van der Waals surface area contributed by atoms with E-state index in [0.29, 0.717) is 0 Å². The molecule has 2 aromatic carbocycles. The average Bonchev–Trinajstić information content (AvgIpc) is 2.37. The lowest BCUT2D eigenvalue weighted by molar-refractivity contribution is 0.415. The number of nitrogens with two attached hydrogens (primary N) is 1. The molecule has 0 aliphatic heterocycles. The molecule has 0 saturated carbocycles. The van der Waals surface area contributed by atoms with Crippen LogP contribution in [0.25, 0.3) is 0 Å². The van der Waals surface area contributed by atoms with Crippen LogP contribution in [0.1, 0.15) is 5.56 Å². The molecule has 0 radical (unpaired) electrons. The Labute approximate surface area is 122 Å². The topological polar surface area (TPSA) is 38.5 Å². The van der Waals surface area contributed by atoms with Gasteiger partial charge in [0.15, 0.2) is 0 Å². The zero-order valence-electron chi connectivity index (χ0n) is 11.1. The predicted molar refractivity (Wildman–Crippen MR) is 83.7 cm³/mol. The highest BCUT2D eigenvalue weighted by molar-refractivity contribution is 9.10. The number of hydrogen-bond donors (Lipinski definition) is 1. The maximum Gasteiger partial charge on any atom is 0.142 e. The summed E-state index contributed by atoms with van der Waals surface area (Å²) >= 11 is 3.46. The van der Waals surface area contributed by atoms with E-state index in [-0.39, 0.29) is 0 Å². The monoisotopic (exact) mass is 320 g/mol. The maximum atomic E-state index is 5.86. The van der Waals surface area contributed by atoms with E-state index in [1.807, 2.05) is 43.4 Å². The van der Waals surface area contributed by atoms with E-state index in [4.69, 9.17) is 10.5 Å². The molecule has 0 bridgehead atoms. The molecule has 0 heterocycles. The fourth-order valence-electron chi connectivity index (χ4n) is 2.07. The normalized spacial score (nSPS) is 10.3. The quantitative estimate of drug-likeness (QED) is 0.873. The second kappa shape index (κ2) is 5.97. The van der Waals surface area contributed by atoms with E-state index in [1.54, 1.807) is 7.11 Å². The SMILES string of the molecule is COc1ccccc1N(C)Cc1cc(N)cc(Br)c1. The van der Waals surface area contributed by atoms with Gasteiger partial charge < -0.3 is 15.4 Å². The maximum absolute atomic E-state index is 5.86. The first-order chi connectivity index (χ1) is 9.10. The molecule has 0 unspecified atom stereocenters. The zero-order chi connectivity index (χ0) is 13.8. The van der Waals surface area contributed by atoms with Crippen LogP contribution in [0.4, 0.5) is 11.4 Å². The van der Waals surface area contributed by atoms with Gasteiger partial charge in [-0.15, -0.1) is 0 Å². The number of methoxy groups -OCH3 is 1. The van der Waals surface area contributed by atoms with Gasteiger partial charge in [0.25, 0.3) is 0 Å². The van der Waals surface area contributed by atoms with Crippen LogP contribution < -0.4 is 15.4 Å². The summed E-state index contributed by atoms with van der Waals surface area (Å²) in [6.07, 6.45) is 0. The van der Waals surface area contributed by atoms with Crippen molar-refractivity contribution in [1.82, 2.24) is 0 Å². The summed E-state index contributed by atoms with van der Waals surface area (Å²) in [6.45, 7) is 0.768. The zero-order valence-corrected chi connectivity index (χ0v) is 12.6. The number of halogens is 1. The van der Waals surface area contributed by atoms with Gasteiger partial charge in [-0.05, 0) is 35.9 Å². The molecular weight excluding hydrogens is 304 g/mol. The average molecular weight is 321 g/mol. The first-order valence-corrected chi connectivity index (χ1v) is 6.78. The summed E-state index contributed by atoms with van der Waals surface area (Å²) in [5.41, 5.74) is 8.83. The molecule has 0 fully saturated rings. The van der Waals surface area contributed by atoms with Crippen molar-refractivity contribution in [2.75, 3.05) is 24.8 Å². The van der Waals surface area contributed by atoms with Crippen LogP contribution >= 0.6 is 15.9 Å². The molecule has 4 heteroatoms. The summed E-state index contributed by atoms with van der Waals surface area (Å²) in [5, 5.41) is 0. The number of hydrogen-bond acceptors (Lipinski definition) is 3. The molecule has 0 spiro atoms. The lowest BCUT2D eigenvalue weighted by atomic mass is 10.2.